The van der Waals surface area contributed by atoms with Crippen LogP contribution in [0.1, 0.15) is 46.5 Å². The highest BCUT2D eigenvalue weighted by Gasteiger charge is 2.34. The number of alkyl carbamates (subject to hydrolysis) is 1. The first kappa shape index (κ1) is 15.2. The van der Waals surface area contributed by atoms with Gasteiger partial charge in [-0.05, 0) is 46.5 Å². The van der Waals surface area contributed by atoms with Gasteiger partial charge in [0.15, 0.2) is 0 Å². The number of hydrogen-bond donors (Lipinski definition) is 2. The standard InChI is InChI=1S/C13H26N2O3/c1-12(2,3)18-11(16)15-10-5-7-13(9-14,17-4)8-6-10/h10H,5-9,14H2,1-4H3,(H,15,16). The highest BCUT2D eigenvalue weighted by molar-refractivity contribution is 5.68. The van der Waals surface area contributed by atoms with Gasteiger partial charge in [-0.15, -0.1) is 0 Å². The SMILES string of the molecule is COC1(CN)CCC(NC(=O)OC(C)(C)C)CC1. The van der Waals surface area contributed by atoms with Gasteiger partial charge in [0.2, 0.25) is 0 Å². The first-order valence-corrected chi connectivity index (χ1v) is 6.55. The van der Waals surface area contributed by atoms with Crippen molar-refractivity contribution in [1.82, 2.24) is 5.32 Å². The van der Waals surface area contributed by atoms with Gasteiger partial charge in [-0.2, -0.15) is 0 Å². The quantitative estimate of drug-likeness (QED) is 0.809. The van der Waals surface area contributed by atoms with Crippen molar-refractivity contribution in [2.24, 2.45) is 5.73 Å². The second kappa shape index (κ2) is 5.89. The van der Waals surface area contributed by atoms with E-state index < -0.39 is 5.60 Å². The summed E-state index contributed by atoms with van der Waals surface area (Å²) in [6.45, 7) is 6.11. The molecule has 18 heavy (non-hydrogen) atoms. The van der Waals surface area contributed by atoms with E-state index in [4.69, 9.17) is 15.2 Å². The zero-order valence-corrected chi connectivity index (χ0v) is 11.9. The molecule has 1 amide bonds. The highest BCUT2D eigenvalue weighted by Crippen LogP contribution is 2.30. The zero-order chi connectivity index (χ0) is 13.8. The van der Waals surface area contributed by atoms with Crippen molar-refractivity contribution in [3.63, 3.8) is 0 Å². The molecule has 5 nitrogen and oxygen atoms in total. The van der Waals surface area contributed by atoms with Gasteiger partial charge in [-0.25, -0.2) is 4.79 Å². The number of carbonyl (C=O) groups is 1. The van der Waals surface area contributed by atoms with Crippen LogP contribution < -0.4 is 11.1 Å². The number of rotatable bonds is 3. The van der Waals surface area contributed by atoms with Crippen molar-refractivity contribution >= 4 is 6.09 Å². The first-order valence-electron chi connectivity index (χ1n) is 6.55. The van der Waals surface area contributed by atoms with Crippen LogP contribution in [0.5, 0.6) is 0 Å². The zero-order valence-electron chi connectivity index (χ0n) is 11.9. The molecule has 0 aromatic rings. The molecule has 106 valence electrons. The van der Waals surface area contributed by atoms with Gasteiger partial charge < -0.3 is 20.5 Å². The molecule has 0 spiro atoms. The Labute approximate surface area is 109 Å². The summed E-state index contributed by atoms with van der Waals surface area (Å²) in [7, 11) is 1.70. The van der Waals surface area contributed by atoms with E-state index in [1.807, 2.05) is 20.8 Å². The van der Waals surface area contributed by atoms with E-state index in [0.717, 1.165) is 25.7 Å². The molecule has 1 saturated carbocycles. The third-order valence-electron chi connectivity index (χ3n) is 3.42. The summed E-state index contributed by atoms with van der Waals surface area (Å²) in [4.78, 5) is 11.6. The molecule has 0 aliphatic heterocycles. The molecular formula is C13H26N2O3. The predicted molar refractivity (Wildman–Crippen MR) is 70.4 cm³/mol. The Balaban J connectivity index is 2.38. The van der Waals surface area contributed by atoms with Crippen LogP contribution in [-0.4, -0.2) is 37.0 Å². The summed E-state index contributed by atoms with van der Waals surface area (Å²) in [5, 5.41) is 2.90. The number of hydrogen-bond acceptors (Lipinski definition) is 4. The summed E-state index contributed by atoms with van der Waals surface area (Å²) in [5.74, 6) is 0. The van der Waals surface area contributed by atoms with Crippen molar-refractivity contribution < 1.29 is 14.3 Å². The van der Waals surface area contributed by atoms with Gasteiger partial charge in [0.1, 0.15) is 5.60 Å². The highest BCUT2D eigenvalue weighted by atomic mass is 16.6. The molecule has 1 rings (SSSR count). The Kier molecular flexibility index (Phi) is 4.99. The number of methoxy groups -OCH3 is 1. The van der Waals surface area contributed by atoms with E-state index in [1.165, 1.54) is 0 Å². The molecular weight excluding hydrogens is 232 g/mol. The largest absolute Gasteiger partial charge is 0.444 e. The van der Waals surface area contributed by atoms with Crippen molar-refractivity contribution in [2.45, 2.75) is 63.7 Å². The minimum atomic E-state index is -0.452. The van der Waals surface area contributed by atoms with Crippen LogP contribution in [0.25, 0.3) is 0 Å². The molecule has 0 radical (unpaired) electrons. The third-order valence-corrected chi connectivity index (χ3v) is 3.42. The van der Waals surface area contributed by atoms with Crippen molar-refractivity contribution in [3.05, 3.63) is 0 Å². The second-order valence-corrected chi connectivity index (χ2v) is 6.01. The Morgan fingerprint density at radius 3 is 2.33 bits per heavy atom. The van der Waals surface area contributed by atoms with E-state index in [1.54, 1.807) is 7.11 Å². The van der Waals surface area contributed by atoms with Gasteiger partial charge in [0.25, 0.3) is 0 Å². The van der Waals surface area contributed by atoms with Crippen molar-refractivity contribution in [1.29, 1.82) is 0 Å². The van der Waals surface area contributed by atoms with Crippen LogP contribution in [0.15, 0.2) is 0 Å². The van der Waals surface area contributed by atoms with E-state index in [9.17, 15) is 4.79 Å². The van der Waals surface area contributed by atoms with Crippen molar-refractivity contribution in [3.8, 4) is 0 Å². The van der Waals surface area contributed by atoms with Crippen LogP contribution in [0.4, 0.5) is 4.79 Å². The number of nitrogens with one attached hydrogen (secondary N) is 1. The molecule has 1 fully saturated rings. The van der Waals surface area contributed by atoms with Gasteiger partial charge in [0.05, 0.1) is 5.60 Å². The summed E-state index contributed by atoms with van der Waals surface area (Å²) in [6.07, 6.45) is 3.17. The summed E-state index contributed by atoms with van der Waals surface area (Å²) >= 11 is 0. The van der Waals surface area contributed by atoms with E-state index in [2.05, 4.69) is 5.32 Å². The molecule has 0 unspecified atom stereocenters. The summed E-state index contributed by atoms with van der Waals surface area (Å²) < 4.78 is 10.7. The average molecular weight is 258 g/mol. The van der Waals surface area contributed by atoms with Gasteiger partial charge in [-0.3, -0.25) is 0 Å². The molecule has 0 heterocycles. The van der Waals surface area contributed by atoms with Crippen LogP contribution in [0.3, 0.4) is 0 Å². The lowest BCUT2D eigenvalue weighted by atomic mass is 9.82. The number of amides is 1. The van der Waals surface area contributed by atoms with E-state index in [0.29, 0.717) is 6.54 Å². The maximum Gasteiger partial charge on any atom is 0.407 e. The van der Waals surface area contributed by atoms with Crippen LogP contribution in [-0.2, 0) is 9.47 Å². The minimum absolute atomic E-state index is 0.162. The molecule has 1 aliphatic carbocycles. The summed E-state index contributed by atoms with van der Waals surface area (Å²) in [5.41, 5.74) is 5.09. The maximum absolute atomic E-state index is 11.6. The lowest BCUT2D eigenvalue weighted by Gasteiger charge is -2.38. The first-order chi connectivity index (χ1) is 8.30. The molecule has 0 aromatic carbocycles. The predicted octanol–water partition coefficient (Wildman–Crippen LogP) is 1.80. The number of carbonyl (C=O) groups excluding carboxylic acids is 1. The molecule has 0 atom stereocenters. The monoisotopic (exact) mass is 258 g/mol. The van der Waals surface area contributed by atoms with Gasteiger partial charge >= 0.3 is 6.09 Å². The molecule has 3 N–H and O–H groups in total. The Bertz CT molecular complexity index is 272. The lowest BCUT2D eigenvalue weighted by molar-refractivity contribution is -0.0377. The molecule has 0 saturated heterocycles. The van der Waals surface area contributed by atoms with E-state index in [-0.39, 0.29) is 17.7 Å². The minimum Gasteiger partial charge on any atom is -0.444 e. The topological polar surface area (TPSA) is 73.6 Å². The van der Waals surface area contributed by atoms with Gasteiger partial charge in [-0.1, -0.05) is 0 Å². The summed E-state index contributed by atoms with van der Waals surface area (Å²) in [6, 6.07) is 0.162. The smallest absolute Gasteiger partial charge is 0.407 e. The lowest BCUT2D eigenvalue weighted by Crippen LogP contribution is -2.48. The maximum atomic E-state index is 11.6. The van der Waals surface area contributed by atoms with Crippen molar-refractivity contribution in [2.75, 3.05) is 13.7 Å². The van der Waals surface area contributed by atoms with Crippen LogP contribution in [0, 0.1) is 0 Å². The Morgan fingerprint density at radius 2 is 1.94 bits per heavy atom. The molecule has 5 heteroatoms. The fraction of sp³-hybridized carbons (Fsp3) is 0.923. The fourth-order valence-electron chi connectivity index (χ4n) is 2.25. The fourth-order valence-corrected chi connectivity index (χ4v) is 2.25. The van der Waals surface area contributed by atoms with Gasteiger partial charge in [0, 0.05) is 19.7 Å². The Morgan fingerprint density at radius 1 is 1.39 bits per heavy atom. The third kappa shape index (κ3) is 4.46. The number of nitrogens with two attached hydrogens (primary N) is 1. The van der Waals surface area contributed by atoms with Crippen LogP contribution >= 0.6 is 0 Å². The normalized spacial score (nSPS) is 28.8. The number of ether oxygens (including phenoxy) is 2. The molecule has 1 aliphatic rings. The molecule has 0 aromatic heterocycles. The average Bonchev–Trinajstić information content (AvgIpc) is 2.28. The Hall–Kier alpha value is -0.810. The van der Waals surface area contributed by atoms with E-state index >= 15 is 0 Å². The molecule has 0 bridgehead atoms. The second-order valence-electron chi connectivity index (χ2n) is 6.01. The van der Waals surface area contributed by atoms with Crippen LogP contribution in [0.2, 0.25) is 0 Å².